The van der Waals surface area contributed by atoms with Crippen LogP contribution in [0.25, 0.3) is 0 Å². The van der Waals surface area contributed by atoms with Crippen molar-refractivity contribution in [2.75, 3.05) is 20.3 Å². The monoisotopic (exact) mass is 231 g/mol. The van der Waals surface area contributed by atoms with E-state index in [-0.39, 0.29) is 13.2 Å². The van der Waals surface area contributed by atoms with Gasteiger partial charge in [-0.2, -0.15) is 0 Å². The molecule has 4 nitrogen and oxygen atoms in total. The Morgan fingerprint density at radius 2 is 2.13 bits per heavy atom. The van der Waals surface area contributed by atoms with Crippen LogP contribution in [0.5, 0.6) is 5.75 Å². The second-order valence-electron chi connectivity index (χ2n) is 3.64. The van der Waals surface area contributed by atoms with Gasteiger partial charge in [-0.3, -0.25) is 0 Å². The van der Waals surface area contributed by atoms with E-state index in [4.69, 9.17) is 14.9 Å². The lowest BCUT2D eigenvalue weighted by Crippen LogP contribution is -2.48. The zero-order valence-electron chi connectivity index (χ0n) is 8.99. The fourth-order valence-corrected chi connectivity index (χ4v) is 1.87. The van der Waals surface area contributed by atoms with Crippen LogP contribution in [-0.4, -0.2) is 36.1 Å². The van der Waals surface area contributed by atoms with E-state index >= 15 is 0 Å². The number of nitrogens with one attached hydrogen (secondary N) is 1. The highest BCUT2D eigenvalue weighted by Gasteiger charge is 2.21. The van der Waals surface area contributed by atoms with Crippen LogP contribution in [0.3, 0.4) is 0 Å². The van der Waals surface area contributed by atoms with Crippen LogP contribution in [0, 0.1) is 0 Å². The summed E-state index contributed by atoms with van der Waals surface area (Å²) in [6.07, 6.45) is 0. The summed E-state index contributed by atoms with van der Waals surface area (Å²) in [4.78, 5) is 1.06. The molecule has 0 aromatic carbocycles. The smallest absolute Gasteiger partial charge is 0.134 e. The molecule has 1 heterocycles. The van der Waals surface area contributed by atoms with Gasteiger partial charge in [0.2, 0.25) is 0 Å². The summed E-state index contributed by atoms with van der Waals surface area (Å²) in [6, 6.07) is 1.90. The number of aliphatic hydroxyl groups excluding tert-OH is 2. The van der Waals surface area contributed by atoms with Crippen molar-refractivity contribution in [1.82, 2.24) is 5.32 Å². The van der Waals surface area contributed by atoms with Crippen molar-refractivity contribution in [1.29, 1.82) is 0 Å². The number of hydrogen-bond donors (Lipinski definition) is 3. The van der Waals surface area contributed by atoms with Crippen molar-refractivity contribution in [3.05, 3.63) is 16.3 Å². The van der Waals surface area contributed by atoms with E-state index in [0.717, 1.165) is 10.6 Å². The first-order chi connectivity index (χ1) is 7.15. The molecule has 0 fully saturated rings. The SMILES string of the molecule is COc1ccsc1CNC(C)(CO)CO. The van der Waals surface area contributed by atoms with Crippen molar-refractivity contribution in [3.8, 4) is 5.75 Å². The van der Waals surface area contributed by atoms with E-state index in [9.17, 15) is 0 Å². The Bertz CT molecular complexity index is 297. The summed E-state index contributed by atoms with van der Waals surface area (Å²) in [7, 11) is 1.63. The van der Waals surface area contributed by atoms with Crippen LogP contribution >= 0.6 is 11.3 Å². The molecule has 1 aromatic heterocycles. The van der Waals surface area contributed by atoms with E-state index in [0.29, 0.717) is 6.54 Å². The highest BCUT2D eigenvalue weighted by molar-refractivity contribution is 7.10. The van der Waals surface area contributed by atoms with E-state index in [2.05, 4.69) is 5.32 Å². The number of ether oxygens (including phenoxy) is 1. The molecule has 0 saturated heterocycles. The first-order valence-electron chi connectivity index (χ1n) is 4.72. The fraction of sp³-hybridized carbons (Fsp3) is 0.600. The summed E-state index contributed by atoms with van der Waals surface area (Å²) >= 11 is 1.59. The lowest BCUT2D eigenvalue weighted by molar-refractivity contribution is 0.103. The third kappa shape index (κ3) is 3.17. The molecule has 5 heteroatoms. The van der Waals surface area contributed by atoms with Gasteiger partial charge in [0.05, 0.1) is 30.7 Å². The summed E-state index contributed by atoms with van der Waals surface area (Å²) in [6.45, 7) is 2.15. The molecule has 0 amide bonds. The van der Waals surface area contributed by atoms with Gasteiger partial charge in [0.25, 0.3) is 0 Å². The zero-order valence-corrected chi connectivity index (χ0v) is 9.80. The molecule has 3 N–H and O–H groups in total. The average Bonchev–Trinajstić information content (AvgIpc) is 2.73. The van der Waals surface area contributed by atoms with Gasteiger partial charge in [0.1, 0.15) is 5.75 Å². The van der Waals surface area contributed by atoms with Crippen molar-refractivity contribution < 1.29 is 14.9 Å². The van der Waals surface area contributed by atoms with Crippen LogP contribution in [0.1, 0.15) is 11.8 Å². The first kappa shape index (κ1) is 12.4. The molecule has 0 aliphatic carbocycles. The largest absolute Gasteiger partial charge is 0.496 e. The van der Waals surface area contributed by atoms with Gasteiger partial charge >= 0.3 is 0 Å². The predicted octanol–water partition coefficient (Wildman–Crippen LogP) is 0.590. The molecular weight excluding hydrogens is 214 g/mol. The minimum atomic E-state index is -0.644. The van der Waals surface area contributed by atoms with Crippen molar-refractivity contribution in [2.24, 2.45) is 0 Å². The molecule has 86 valence electrons. The third-order valence-electron chi connectivity index (χ3n) is 2.30. The van der Waals surface area contributed by atoms with Crippen molar-refractivity contribution in [3.63, 3.8) is 0 Å². The number of thiophene rings is 1. The van der Waals surface area contributed by atoms with Gasteiger partial charge in [-0.1, -0.05) is 0 Å². The third-order valence-corrected chi connectivity index (χ3v) is 3.20. The molecule has 0 radical (unpaired) electrons. The molecule has 0 aliphatic heterocycles. The Morgan fingerprint density at radius 3 is 2.67 bits per heavy atom. The van der Waals surface area contributed by atoms with Crippen LogP contribution in [-0.2, 0) is 6.54 Å². The van der Waals surface area contributed by atoms with Gasteiger partial charge < -0.3 is 20.3 Å². The Morgan fingerprint density at radius 1 is 1.47 bits per heavy atom. The number of aliphatic hydroxyl groups is 2. The predicted molar refractivity (Wildman–Crippen MR) is 60.3 cm³/mol. The molecule has 1 rings (SSSR count). The summed E-state index contributed by atoms with van der Waals surface area (Å²) in [5, 5.41) is 23.2. The standard InChI is InChI=1S/C10H17NO3S/c1-10(6-12,7-13)11-5-9-8(14-2)3-4-15-9/h3-4,11-13H,5-7H2,1-2H3. The van der Waals surface area contributed by atoms with Crippen molar-refractivity contribution in [2.45, 2.75) is 19.0 Å². The normalized spacial score (nSPS) is 11.7. The Labute approximate surface area is 93.5 Å². The highest BCUT2D eigenvalue weighted by Crippen LogP contribution is 2.24. The maximum Gasteiger partial charge on any atom is 0.134 e. The second kappa shape index (κ2) is 5.46. The number of methoxy groups -OCH3 is 1. The van der Waals surface area contributed by atoms with Gasteiger partial charge in [-0.05, 0) is 18.4 Å². The van der Waals surface area contributed by atoms with Gasteiger partial charge in [0, 0.05) is 6.54 Å². The lowest BCUT2D eigenvalue weighted by Gasteiger charge is -2.26. The van der Waals surface area contributed by atoms with E-state index in [1.165, 1.54) is 0 Å². The van der Waals surface area contributed by atoms with Gasteiger partial charge in [-0.25, -0.2) is 0 Å². The van der Waals surface area contributed by atoms with E-state index < -0.39 is 5.54 Å². The Hall–Kier alpha value is -0.620. The van der Waals surface area contributed by atoms with Crippen LogP contribution < -0.4 is 10.1 Å². The van der Waals surface area contributed by atoms with E-state index in [1.54, 1.807) is 25.4 Å². The summed E-state index contributed by atoms with van der Waals surface area (Å²) < 4.78 is 5.16. The molecule has 0 atom stereocenters. The average molecular weight is 231 g/mol. The maximum absolute atomic E-state index is 9.09. The molecule has 0 bridgehead atoms. The number of rotatable bonds is 6. The molecule has 0 saturated carbocycles. The topological polar surface area (TPSA) is 61.7 Å². The molecule has 1 aromatic rings. The fourth-order valence-electron chi connectivity index (χ4n) is 1.10. The van der Waals surface area contributed by atoms with Gasteiger partial charge in [-0.15, -0.1) is 11.3 Å². The number of hydrogen-bond acceptors (Lipinski definition) is 5. The molecule has 15 heavy (non-hydrogen) atoms. The second-order valence-corrected chi connectivity index (χ2v) is 4.64. The summed E-state index contributed by atoms with van der Waals surface area (Å²) in [5.41, 5.74) is -0.644. The molecule has 0 spiro atoms. The zero-order chi connectivity index (χ0) is 11.3. The Balaban J connectivity index is 2.56. The summed E-state index contributed by atoms with van der Waals surface area (Å²) in [5.74, 6) is 0.839. The van der Waals surface area contributed by atoms with Crippen LogP contribution in [0.15, 0.2) is 11.4 Å². The van der Waals surface area contributed by atoms with Crippen molar-refractivity contribution >= 4 is 11.3 Å². The maximum atomic E-state index is 9.09. The van der Waals surface area contributed by atoms with Crippen LogP contribution in [0.2, 0.25) is 0 Å². The molecular formula is C10H17NO3S. The molecule has 0 aliphatic rings. The quantitative estimate of drug-likeness (QED) is 0.670. The van der Waals surface area contributed by atoms with E-state index in [1.807, 2.05) is 11.4 Å². The lowest BCUT2D eigenvalue weighted by atomic mass is 10.1. The highest BCUT2D eigenvalue weighted by atomic mass is 32.1. The van der Waals surface area contributed by atoms with Gasteiger partial charge in [0.15, 0.2) is 0 Å². The van der Waals surface area contributed by atoms with Crippen LogP contribution in [0.4, 0.5) is 0 Å². The molecule has 0 unspecified atom stereocenters. The minimum Gasteiger partial charge on any atom is -0.496 e. The minimum absolute atomic E-state index is 0.100. The Kier molecular flexibility index (Phi) is 4.53. The first-order valence-corrected chi connectivity index (χ1v) is 5.60.